The first kappa shape index (κ1) is 20.9. The highest BCUT2D eigenvalue weighted by Crippen LogP contribution is 2.23. The molecule has 0 aliphatic heterocycles. The van der Waals surface area contributed by atoms with E-state index in [0.29, 0.717) is 5.56 Å². The van der Waals surface area contributed by atoms with Crippen LogP contribution in [0.5, 0.6) is 0 Å². The second kappa shape index (κ2) is 7.39. The fraction of sp³-hybridized carbons (Fsp3) is 0.273. The Morgan fingerprint density at radius 1 is 1.06 bits per heavy atom. The van der Waals surface area contributed by atoms with E-state index in [-0.39, 0.29) is 28.8 Å². The topological polar surface area (TPSA) is 83.8 Å². The van der Waals surface area contributed by atoms with E-state index in [2.05, 4.69) is 11.1 Å². The summed E-state index contributed by atoms with van der Waals surface area (Å²) in [5.74, 6) is -0.205. The highest BCUT2D eigenvalue weighted by Gasteiger charge is 2.22. The van der Waals surface area contributed by atoms with Gasteiger partial charge in [0.2, 0.25) is 5.28 Å². The molecule has 0 saturated carbocycles. The van der Waals surface area contributed by atoms with Gasteiger partial charge in [-0.2, -0.15) is 4.98 Å². The van der Waals surface area contributed by atoms with E-state index in [4.69, 9.17) is 11.6 Å². The molecule has 0 fully saturated rings. The Bertz CT molecular complexity index is 1490. The molecular formula is C22H22ClN5O3. The van der Waals surface area contributed by atoms with Gasteiger partial charge >= 0.3 is 5.69 Å². The fourth-order valence-corrected chi connectivity index (χ4v) is 4.23. The number of Topliss-reactive ketones (excluding diaryl/α,β-unsaturated/α-hetero) is 1. The highest BCUT2D eigenvalue weighted by molar-refractivity contribution is 6.29. The summed E-state index contributed by atoms with van der Waals surface area (Å²) in [7, 11) is 2.89. The van der Waals surface area contributed by atoms with Crippen molar-refractivity contribution in [3.05, 3.63) is 79.0 Å². The summed E-state index contributed by atoms with van der Waals surface area (Å²) in [5.41, 5.74) is 3.58. The molecule has 0 atom stereocenters. The van der Waals surface area contributed by atoms with E-state index >= 15 is 0 Å². The largest absolute Gasteiger partial charge is 0.332 e. The number of carbonyl (C=O) groups excluding carboxylic acids is 1. The monoisotopic (exact) mass is 439 g/mol. The van der Waals surface area contributed by atoms with Crippen molar-refractivity contribution in [2.45, 2.75) is 27.3 Å². The maximum atomic E-state index is 13.2. The van der Waals surface area contributed by atoms with E-state index < -0.39 is 11.2 Å². The van der Waals surface area contributed by atoms with Crippen molar-refractivity contribution < 1.29 is 4.79 Å². The van der Waals surface area contributed by atoms with Crippen molar-refractivity contribution in [1.82, 2.24) is 23.3 Å². The molecule has 0 aliphatic rings. The zero-order valence-electron chi connectivity index (χ0n) is 17.9. The molecule has 9 heteroatoms. The molecule has 0 N–H and O–H groups in total. The molecule has 0 spiro atoms. The first-order valence-corrected chi connectivity index (χ1v) is 10.1. The quantitative estimate of drug-likeness (QED) is 0.361. The van der Waals surface area contributed by atoms with Gasteiger partial charge in [0.05, 0.1) is 6.54 Å². The van der Waals surface area contributed by atoms with Crippen LogP contribution in [0.15, 0.2) is 39.9 Å². The van der Waals surface area contributed by atoms with Crippen molar-refractivity contribution in [1.29, 1.82) is 0 Å². The number of nitrogens with zero attached hydrogens (tertiary/aromatic N) is 5. The molecular weight excluding hydrogens is 418 g/mol. The van der Waals surface area contributed by atoms with Gasteiger partial charge < -0.3 is 9.13 Å². The predicted octanol–water partition coefficient (Wildman–Crippen LogP) is 2.69. The van der Waals surface area contributed by atoms with Crippen LogP contribution < -0.4 is 11.2 Å². The molecule has 0 saturated heterocycles. The number of aryl methyl sites for hydroxylation is 3. The SMILES string of the molecule is Cc1cccc(-n2c(C)cc(C(=O)Cn3c(Cl)nc4c3c(=O)n(C)c(=O)n4C)c2C)c1. The van der Waals surface area contributed by atoms with Crippen molar-refractivity contribution in [2.24, 2.45) is 14.1 Å². The summed E-state index contributed by atoms with van der Waals surface area (Å²) in [5, 5.41) is -0.0193. The maximum Gasteiger partial charge on any atom is 0.332 e. The van der Waals surface area contributed by atoms with Crippen LogP contribution in [0.2, 0.25) is 5.28 Å². The average molecular weight is 440 g/mol. The molecule has 4 rings (SSSR count). The molecule has 4 aromatic rings. The number of fused-ring (bicyclic) bond motifs is 1. The van der Waals surface area contributed by atoms with Crippen LogP contribution in [0.3, 0.4) is 0 Å². The zero-order valence-corrected chi connectivity index (χ0v) is 18.7. The highest BCUT2D eigenvalue weighted by atomic mass is 35.5. The van der Waals surface area contributed by atoms with Gasteiger partial charge in [0.15, 0.2) is 16.9 Å². The van der Waals surface area contributed by atoms with Crippen LogP contribution in [0.1, 0.15) is 27.3 Å². The summed E-state index contributed by atoms with van der Waals surface area (Å²) < 4.78 is 5.61. The lowest BCUT2D eigenvalue weighted by Gasteiger charge is -2.11. The molecule has 1 aromatic carbocycles. The van der Waals surface area contributed by atoms with Gasteiger partial charge in [-0.3, -0.25) is 18.7 Å². The van der Waals surface area contributed by atoms with E-state index in [1.165, 1.54) is 23.2 Å². The first-order chi connectivity index (χ1) is 14.6. The molecule has 0 amide bonds. The predicted molar refractivity (Wildman–Crippen MR) is 120 cm³/mol. The van der Waals surface area contributed by atoms with Gasteiger partial charge in [-0.1, -0.05) is 12.1 Å². The minimum Gasteiger partial charge on any atom is -0.318 e. The van der Waals surface area contributed by atoms with Crippen molar-refractivity contribution in [3.63, 3.8) is 0 Å². The summed E-state index contributed by atoms with van der Waals surface area (Å²) in [6.45, 7) is 5.68. The van der Waals surface area contributed by atoms with Crippen molar-refractivity contribution in [3.8, 4) is 5.69 Å². The van der Waals surface area contributed by atoms with E-state index in [1.807, 2.05) is 49.6 Å². The Hall–Kier alpha value is -3.39. The Labute approximate surface area is 182 Å². The number of ketones is 1. The van der Waals surface area contributed by atoms with Crippen molar-refractivity contribution in [2.75, 3.05) is 0 Å². The molecule has 3 aromatic heterocycles. The minimum absolute atomic E-state index is 0.0193. The van der Waals surface area contributed by atoms with Gasteiger partial charge in [0.1, 0.15) is 0 Å². The summed E-state index contributed by atoms with van der Waals surface area (Å²) in [6.07, 6.45) is 0. The molecule has 3 heterocycles. The Morgan fingerprint density at radius 2 is 1.77 bits per heavy atom. The minimum atomic E-state index is -0.546. The van der Waals surface area contributed by atoms with Gasteiger partial charge in [0.25, 0.3) is 5.56 Å². The van der Waals surface area contributed by atoms with E-state index in [0.717, 1.165) is 27.2 Å². The standard InChI is InChI=1S/C22H22ClN5O3/c1-12-7-6-8-15(9-12)28-13(2)10-16(14(28)3)17(29)11-27-18-19(24-21(27)23)25(4)22(31)26(5)20(18)30/h6-10H,11H2,1-5H3. The second-order valence-corrected chi connectivity index (χ2v) is 8.07. The number of imidazole rings is 1. The van der Waals surface area contributed by atoms with Crippen LogP contribution in [0.25, 0.3) is 16.9 Å². The van der Waals surface area contributed by atoms with Crippen LogP contribution in [0.4, 0.5) is 0 Å². The maximum absolute atomic E-state index is 13.2. The lowest BCUT2D eigenvalue weighted by molar-refractivity contribution is 0.0972. The zero-order chi connectivity index (χ0) is 22.6. The van der Waals surface area contributed by atoms with Gasteiger partial charge in [-0.25, -0.2) is 4.79 Å². The van der Waals surface area contributed by atoms with Crippen LogP contribution in [0, 0.1) is 20.8 Å². The van der Waals surface area contributed by atoms with Crippen LogP contribution in [-0.4, -0.2) is 29.0 Å². The third kappa shape index (κ3) is 3.23. The van der Waals surface area contributed by atoms with Gasteiger partial charge in [-0.15, -0.1) is 0 Å². The molecule has 0 bridgehead atoms. The number of benzene rings is 1. The second-order valence-electron chi connectivity index (χ2n) is 7.73. The van der Waals surface area contributed by atoms with E-state index in [9.17, 15) is 14.4 Å². The van der Waals surface area contributed by atoms with Gasteiger partial charge in [-0.05, 0) is 56.1 Å². The van der Waals surface area contributed by atoms with Crippen LogP contribution in [-0.2, 0) is 20.6 Å². The third-order valence-corrected chi connectivity index (χ3v) is 5.88. The lowest BCUT2D eigenvalue weighted by atomic mass is 10.1. The Balaban J connectivity index is 1.81. The molecule has 0 aliphatic carbocycles. The van der Waals surface area contributed by atoms with Gasteiger partial charge in [0, 0.05) is 36.7 Å². The number of rotatable bonds is 4. The molecule has 31 heavy (non-hydrogen) atoms. The molecule has 0 radical (unpaired) electrons. The lowest BCUT2D eigenvalue weighted by Crippen LogP contribution is -2.37. The summed E-state index contributed by atoms with van der Waals surface area (Å²) in [6, 6.07) is 9.87. The number of aromatic nitrogens is 5. The molecule has 0 unspecified atom stereocenters. The van der Waals surface area contributed by atoms with Crippen molar-refractivity contribution >= 4 is 28.5 Å². The van der Waals surface area contributed by atoms with Crippen LogP contribution >= 0.6 is 11.6 Å². The Kier molecular flexibility index (Phi) is 4.97. The van der Waals surface area contributed by atoms with E-state index in [1.54, 1.807) is 0 Å². The normalized spacial score (nSPS) is 11.4. The summed E-state index contributed by atoms with van der Waals surface area (Å²) >= 11 is 6.27. The third-order valence-electron chi connectivity index (χ3n) is 5.59. The first-order valence-electron chi connectivity index (χ1n) is 9.72. The average Bonchev–Trinajstić information content (AvgIpc) is 3.21. The molecule has 160 valence electrons. The fourth-order valence-electron chi connectivity index (χ4n) is 4.00. The smallest absolute Gasteiger partial charge is 0.318 e. The number of hydrogen-bond acceptors (Lipinski definition) is 4. The number of halogens is 1. The number of carbonyl (C=O) groups is 1. The molecule has 8 nitrogen and oxygen atoms in total. The summed E-state index contributed by atoms with van der Waals surface area (Å²) in [4.78, 5) is 42.3. The number of hydrogen-bond donors (Lipinski definition) is 0. The Morgan fingerprint density at radius 3 is 2.45 bits per heavy atom.